The van der Waals surface area contributed by atoms with Crippen LogP contribution in [0.4, 0.5) is 13.2 Å². The summed E-state index contributed by atoms with van der Waals surface area (Å²) in [5.41, 5.74) is 2.30. The Balaban J connectivity index is 1.74. The van der Waals surface area contributed by atoms with E-state index in [9.17, 15) is 18.0 Å². The average Bonchev–Trinajstić information content (AvgIpc) is 3.05. The lowest BCUT2D eigenvalue weighted by Crippen LogP contribution is -2.49. The third-order valence-electron chi connectivity index (χ3n) is 5.24. The minimum atomic E-state index is -0.707. The Bertz CT molecular complexity index is 1160. The van der Waals surface area contributed by atoms with Gasteiger partial charge in [-0.25, -0.2) is 13.2 Å². The molecule has 5 nitrogen and oxygen atoms in total. The number of hydrogen-bond acceptors (Lipinski definition) is 3. The molecular weight excluding hydrogens is 393 g/mol. The number of aromatic nitrogens is 1. The van der Waals surface area contributed by atoms with Gasteiger partial charge >= 0.3 is 0 Å². The zero-order valence-corrected chi connectivity index (χ0v) is 16.2. The molecule has 1 aromatic heterocycles. The van der Waals surface area contributed by atoms with Crippen LogP contribution in [0.3, 0.4) is 0 Å². The molecule has 0 unspecified atom stereocenters. The van der Waals surface area contributed by atoms with Crippen LogP contribution in [0.25, 0.3) is 22.2 Å². The van der Waals surface area contributed by atoms with Gasteiger partial charge in [0.2, 0.25) is 0 Å². The molecule has 8 heteroatoms. The molecule has 0 bridgehead atoms. The molecule has 1 aliphatic rings. The maximum absolute atomic E-state index is 14.4. The first-order chi connectivity index (χ1) is 14.4. The monoisotopic (exact) mass is 412 g/mol. The molecule has 0 aliphatic carbocycles. The number of nitrogens with one attached hydrogen (secondary N) is 2. The standard InChI is InChI=1S/C22H19F3N4O/c1-26-9-18(27-2)22(30)29-10-13(11-29)19-16-7-15(24)8-17(25)21(16)28-20(19)12-3-5-14(23)6-4-12/h3-9,13,26,28H,2,10-11H2,1H3/b18-9-. The highest BCUT2D eigenvalue weighted by atomic mass is 19.1. The van der Waals surface area contributed by atoms with Gasteiger partial charge in [0.1, 0.15) is 23.1 Å². The van der Waals surface area contributed by atoms with Crippen LogP contribution in [0, 0.1) is 17.5 Å². The Morgan fingerprint density at radius 3 is 2.53 bits per heavy atom. The van der Waals surface area contributed by atoms with Gasteiger partial charge in [0, 0.05) is 43.7 Å². The molecule has 2 N–H and O–H groups in total. The summed E-state index contributed by atoms with van der Waals surface area (Å²) in [6, 6.07) is 7.87. The molecule has 0 atom stereocenters. The molecule has 0 saturated carbocycles. The third-order valence-corrected chi connectivity index (χ3v) is 5.24. The third kappa shape index (κ3) is 3.34. The van der Waals surface area contributed by atoms with Crippen molar-refractivity contribution in [3.05, 3.63) is 71.3 Å². The second-order valence-electron chi connectivity index (χ2n) is 7.11. The molecule has 154 valence electrons. The Labute approximate surface area is 170 Å². The Morgan fingerprint density at radius 2 is 1.90 bits per heavy atom. The topological polar surface area (TPSA) is 60.5 Å². The molecule has 0 spiro atoms. The Morgan fingerprint density at radius 1 is 1.20 bits per heavy atom. The van der Waals surface area contributed by atoms with Gasteiger partial charge in [-0.3, -0.25) is 9.79 Å². The second kappa shape index (κ2) is 7.70. The summed E-state index contributed by atoms with van der Waals surface area (Å²) in [7, 11) is 1.65. The molecule has 1 saturated heterocycles. The fourth-order valence-corrected chi connectivity index (χ4v) is 3.81. The number of aromatic amines is 1. The van der Waals surface area contributed by atoms with Gasteiger partial charge in [-0.15, -0.1) is 0 Å². The minimum Gasteiger partial charge on any atom is -0.392 e. The van der Waals surface area contributed by atoms with Crippen molar-refractivity contribution in [2.45, 2.75) is 5.92 Å². The summed E-state index contributed by atoms with van der Waals surface area (Å²) in [5.74, 6) is -2.22. The van der Waals surface area contributed by atoms with Crippen LogP contribution in [0.2, 0.25) is 0 Å². The van der Waals surface area contributed by atoms with Gasteiger partial charge in [-0.2, -0.15) is 0 Å². The zero-order chi connectivity index (χ0) is 21.4. The fraction of sp³-hybridized carbons (Fsp3) is 0.182. The summed E-state index contributed by atoms with van der Waals surface area (Å²) >= 11 is 0. The highest BCUT2D eigenvalue weighted by Crippen LogP contribution is 2.41. The van der Waals surface area contributed by atoms with Crippen LogP contribution in [-0.2, 0) is 4.79 Å². The van der Waals surface area contributed by atoms with E-state index in [0.717, 1.165) is 6.07 Å². The zero-order valence-electron chi connectivity index (χ0n) is 16.2. The number of amides is 1. The van der Waals surface area contributed by atoms with Gasteiger partial charge in [0.05, 0.1) is 11.2 Å². The summed E-state index contributed by atoms with van der Waals surface area (Å²) in [4.78, 5) is 20.9. The number of halogens is 3. The lowest BCUT2D eigenvalue weighted by Gasteiger charge is -2.39. The SMILES string of the molecule is C=N/C(=C\NC)C(=O)N1CC(c2c(-c3ccc(F)cc3)[nH]c3c(F)cc(F)cc23)C1. The fourth-order valence-electron chi connectivity index (χ4n) is 3.81. The molecule has 4 rings (SSSR count). The van der Waals surface area contributed by atoms with Crippen molar-refractivity contribution in [1.29, 1.82) is 0 Å². The Kier molecular flexibility index (Phi) is 5.07. The van der Waals surface area contributed by atoms with E-state index in [1.54, 1.807) is 24.1 Å². The van der Waals surface area contributed by atoms with Crippen molar-refractivity contribution in [2.75, 3.05) is 20.1 Å². The molecule has 1 amide bonds. The van der Waals surface area contributed by atoms with E-state index in [-0.39, 0.29) is 23.0 Å². The van der Waals surface area contributed by atoms with Gasteiger partial charge in [-0.05, 0) is 48.2 Å². The number of carbonyl (C=O) groups excluding carboxylic acids is 1. The lowest BCUT2D eigenvalue weighted by molar-refractivity contribution is -0.131. The molecule has 1 aliphatic heterocycles. The number of likely N-dealkylation sites (tertiary alicyclic amines) is 1. The second-order valence-corrected chi connectivity index (χ2v) is 7.11. The molecule has 2 heterocycles. The number of hydrogen-bond donors (Lipinski definition) is 2. The van der Waals surface area contributed by atoms with Crippen LogP contribution in [-0.4, -0.2) is 42.6 Å². The quantitative estimate of drug-likeness (QED) is 0.493. The van der Waals surface area contributed by atoms with Gasteiger partial charge in [0.25, 0.3) is 5.91 Å². The van der Waals surface area contributed by atoms with Gasteiger partial charge < -0.3 is 15.2 Å². The first-order valence-electron chi connectivity index (χ1n) is 9.33. The summed E-state index contributed by atoms with van der Waals surface area (Å²) in [6.07, 6.45) is 1.46. The van der Waals surface area contributed by atoms with E-state index < -0.39 is 17.5 Å². The minimum absolute atomic E-state index is 0.149. The van der Waals surface area contributed by atoms with Crippen molar-refractivity contribution in [1.82, 2.24) is 15.2 Å². The highest BCUT2D eigenvalue weighted by Gasteiger charge is 2.36. The van der Waals surface area contributed by atoms with E-state index in [1.807, 2.05) is 0 Å². The van der Waals surface area contributed by atoms with Crippen molar-refractivity contribution in [3.8, 4) is 11.3 Å². The molecule has 2 aromatic carbocycles. The molecule has 0 radical (unpaired) electrons. The average molecular weight is 412 g/mol. The number of rotatable bonds is 5. The summed E-state index contributed by atoms with van der Waals surface area (Å²) < 4.78 is 41.8. The number of benzene rings is 2. The summed E-state index contributed by atoms with van der Waals surface area (Å²) in [6.45, 7) is 4.12. The number of carbonyl (C=O) groups is 1. The predicted octanol–water partition coefficient (Wildman–Crippen LogP) is 3.94. The van der Waals surface area contributed by atoms with Crippen molar-refractivity contribution in [3.63, 3.8) is 0 Å². The smallest absolute Gasteiger partial charge is 0.273 e. The van der Waals surface area contributed by atoms with Crippen LogP contribution in [0.15, 0.2) is 53.3 Å². The van der Waals surface area contributed by atoms with Crippen LogP contribution >= 0.6 is 0 Å². The van der Waals surface area contributed by atoms with E-state index in [0.29, 0.717) is 35.3 Å². The lowest BCUT2D eigenvalue weighted by atomic mass is 9.87. The van der Waals surface area contributed by atoms with Gasteiger partial charge in [-0.1, -0.05) is 0 Å². The first-order valence-corrected chi connectivity index (χ1v) is 9.33. The Hall–Kier alpha value is -3.55. The van der Waals surface area contributed by atoms with Crippen molar-refractivity contribution in [2.24, 2.45) is 4.99 Å². The van der Waals surface area contributed by atoms with E-state index in [1.165, 1.54) is 24.4 Å². The predicted molar refractivity (Wildman–Crippen MR) is 110 cm³/mol. The van der Waals surface area contributed by atoms with Crippen LogP contribution in [0.5, 0.6) is 0 Å². The normalized spacial score (nSPS) is 14.7. The number of nitrogens with zero attached hydrogens (tertiary/aromatic N) is 2. The molecule has 3 aromatic rings. The maximum atomic E-state index is 14.4. The first kappa shape index (κ1) is 19.8. The molecular formula is C22H19F3N4O. The number of H-pyrrole nitrogens is 1. The summed E-state index contributed by atoms with van der Waals surface area (Å²) in [5, 5.41) is 3.16. The largest absolute Gasteiger partial charge is 0.392 e. The molecule has 30 heavy (non-hydrogen) atoms. The van der Waals surface area contributed by atoms with Crippen LogP contribution < -0.4 is 5.32 Å². The van der Waals surface area contributed by atoms with Crippen molar-refractivity contribution >= 4 is 23.5 Å². The van der Waals surface area contributed by atoms with E-state index >= 15 is 0 Å². The molecule has 1 fully saturated rings. The highest BCUT2D eigenvalue weighted by molar-refractivity contribution is 5.96. The van der Waals surface area contributed by atoms with Crippen LogP contribution in [0.1, 0.15) is 11.5 Å². The van der Waals surface area contributed by atoms with E-state index in [2.05, 4.69) is 22.0 Å². The van der Waals surface area contributed by atoms with Gasteiger partial charge in [0.15, 0.2) is 0 Å². The van der Waals surface area contributed by atoms with Crippen molar-refractivity contribution < 1.29 is 18.0 Å². The maximum Gasteiger partial charge on any atom is 0.273 e. The van der Waals surface area contributed by atoms with E-state index in [4.69, 9.17) is 0 Å². The number of aliphatic imine (C=N–C) groups is 1. The number of fused-ring (bicyclic) bond motifs is 1.